The van der Waals surface area contributed by atoms with E-state index in [1.54, 1.807) is 0 Å². The van der Waals surface area contributed by atoms with Crippen molar-refractivity contribution in [1.82, 2.24) is 10.2 Å². The first-order valence-electron chi connectivity index (χ1n) is 5.65. The van der Waals surface area contributed by atoms with Crippen LogP contribution in [-0.2, 0) is 0 Å². The average Bonchev–Trinajstić information content (AvgIpc) is 2.02. The van der Waals surface area contributed by atoms with E-state index in [0.29, 0.717) is 5.54 Å². The molecule has 0 bridgehead atoms. The molecule has 0 spiro atoms. The third-order valence-corrected chi connectivity index (χ3v) is 3.42. The van der Waals surface area contributed by atoms with E-state index < -0.39 is 0 Å². The van der Waals surface area contributed by atoms with E-state index in [0.717, 1.165) is 5.92 Å². The highest BCUT2D eigenvalue weighted by Gasteiger charge is 2.32. The third-order valence-electron chi connectivity index (χ3n) is 3.42. The molecule has 2 heterocycles. The number of rotatable bonds is 2. The van der Waals surface area contributed by atoms with Gasteiger partial charge in [-0.1, -0.05) is 13.3 Å². The van der Waals surface area contributed by atoms with Crippen LogP contribution in [0.25, 0.3) is 0 Å². The van der Waals surface area contributed by atoms with Gasteiger partial charge in [0.05, 0.1) is 0 Å². The minimum absolute atomic E-state index is 0.415. The van der Waals surface area contributed by atoms with Gasteiger partial charge < -0.3 is 10.2 Å². The molecule has 13 heavy (non-hydrogen) atoms. The second-order valence-electron chi connectivity index (χ2n) is 5.24. The van der Waals surface area contributed by atoms with Gasteiger partial charge in [0.15, 0.2) is 0 Å². The van der Waals surface area contributed by atoms with E-state index in [1.807, 2.05) is 0 Å². The van der Waals surface area contributed by atoms with Crippen LogP contribution in [0.4, 0.5) is 0 Å². The fourth-order valence-electron chi connectivity index (χ4n) is 2.70. The summed E-state index contributed by atoms with van der Waals surface area (Å²) in [6.07, 6.45) is 4.14. The monoisotopic (exact) mass is 182 g/mol. The van der Waals surface area contributed by atoms with Crippen molar-refractivity contribution < 1.29 is 0 Å². The standard InChI is InChI=1S/C11H22N2/c1-10-7-13(8-10)9-11(2)5-3-4-6-12-11/h10,12H,3-9H2,1-2H3. The largest absolute Gasteiger partial charge is 0.310 e. The smallest absolute Gasteiger partial charge is 0.0280 e. The van der Waals surface area contributed by atoms with Crippen molar-refractivity contribution in [2.45, 2.75) is 38.6 Å². The van der Waals surface area contributed by atoms with Gasteiger partial charge in [-0.05, 0) is 32.2 Å². The lowest BCUT2D eigenvalue weighted by molar-refractivity contribution is 0.0676. The Kier molecular flexibility index (Phi) is 2.61. The summed E-state index contributed by atoms with van der Waals surface area (Å²) in [7, 11) is 0. The zero-order valence-electron chi connectivity index (χ0n) is 8.97. The predicted molar refractivity (Wildman–Crippen MR) is 55.9 cm³/mol. The van der Waals surface area contributed by atoms with Gasteiger partial charge in [-0.15, -0.1) is 0 Å². The molecule has 0 aromatic carbocycles. The number of hydrogen-bond donors (Lipinski definition) is 1. The summed E-state index contributed by atoms with van der Waals surface area (Å²) in [5, 5.41) is 3.67. The van der Waals surface area contributed by atoms with Crippen LogP contribution in [0.2, 0.25) is 0 Å². The van der Waals surface area contributed by atoms with Gasteiger partial charge in [-0.2, -0.15) is 0 Å². The van der Waals surface area contributed by atoms with Crippen molar-refractivity contribution in [3.63, 3.8) is 0 Å². The Morgan fingerprint density at radius 3 is 2.69 bits per heavy atom. The summed E-state index contributed by atoms with van der Waals surface area (Å²) in [4.78, 5) is 2.59. The van der Waals surface area contributed by atoms with Crippen molar-refractivity contribution in [3.05, 3.63) is 0 Å². The van der Waals surface area contributed by atoms with Gasteiger partial charge >= 0.3 is 0 Å². The van der Waals surface area contributed by atoms with E-state index in [4.69, 9.17) is 0 Å². The summed E-state index contributed by atoms with van der Waals surface area (Å²) >= 11 is 0. The summed E-state index contributed by atoms with van der Waals surface area (Å²) in [5.74, 6) is 0.937. The molecule has 1 unspecified atom stereocenters. The summed E-state index contributed by atoms with van der Waals surface area (Å²) in [6.45, 7) is 9.84. The molecule has 2 saturated heterocycles. The van der Waals surface area contributed by atoms with Crippen LogP contribution in [0.15, 0.2) is 0 Å². The zero-order chi connectivity index (χ0) is 9.31. The molecule has 0 saturated carbocycles. The molecule has 76 valence electrons. The van der Waals surface area contributed by atoms with E-state index in [2.05, 4.69) is 24.1 Å². The van der Waals surface area contributed by atoms with Crippen LogP contribution in [0.3, 0.4) is 0 Å². The molecule has 0 aromatic rings. The fraction of sp³-hybridized carbons (Fsp3) is 1.00. The lowest BCUT2D eigenvalue weighted by atomic mass is 9.88. The van der Waals surface area contributed by atoms with Gasteiger partial charge in [0.2, 0.25) is 0 Å². The van der Waals surface area contributed by atoms with Crippen LogP contribution in [0.1, 0.15) is 33.1 Å². The minimum atomic E-state index is 0.415. The molecule has 2 nitrogen and oxygen atoms in total. The van der Waals surface area contributed by atoms with Gasteiger partial charge in [-0.3, -0.25) is 0 Å². The molecular weight excluding hydrogens is 160 g/mol. The molecular formula is C11H22N2. The number of nitrogens with zero attached hydrogens (tertiary/aromatic N) is 1. The first-order valence-corrected chi connectivity index (χ1v) is 5.65. The Morgan fingerprint density at radius 1 is 1.38 bits per heavy atom. The van der Waals surface area contributed by atoms with E-state index in [9.17, 15) is 0 Å². The molecule has 0 amide bonds. The third kappa shape index (κ3) is 2.23. The Labute approximate surface area is 81.7 Å². The van der Waals surface area contributed by atoms with Crippen molar-refractivity contribution in [2.75, 3.05) is 26.2 Å². The Balaban J connectivity index is 1.78. The van der Waals surface area contributed by atoms with Gasteiger partial charge in [-0.25, -0.2) is 0 Å². The predicted octanol–water partition coefficient (Wildman–Crippen LogP) is 1.47. The molecule has 2 aliphatic heterocycles. The number of hydrogen-bond acceptors (Lipinski definition) is 2. The van der Waals surface area contributed by atoms with Gasteiger partial charge in [0, 0.05) is 25.2 Å². The molecule has 1 N–H and O–H groups in total. The molecule has 2 aliphatic rings. The maximum absolute atomic E-state index is 3.67. The van der Waals surface area contributed by atoms with E-state index in [1.165, 1.54) is 45.4 Å². The highest BCUT2D eigenvalue weighted by molar-refractivity contribution is 4.92. The van der Waals surface area contributed by atoms with E-state index in [-0.39, 0.29) is 0 Å². The van der Waals surface area contributed by atoms with Gasteiger partial charge in [0.25, 0.3) is 0 Å². The molecule has 0 aliphatic carbocycles. The Morgan fingerprint density at radius 2 is 2.15 bits per heavy atom. The van der Waals surface area contributed by atoms with Crippen LogP contribution >= 0.6 is 0 Å². The molecule has 0 aromatic heterocycles. The quantitative estimate of drug-likeness (QED) is 0.695. The zero-order valence-corrected chi connectivity index (χ0v) is 8.97. The Bertz CT molecular complexity index is 167. The van der Waals surface area contributed by atoms with Crippen molar-refractivity contribution in [2.24, 2.45) is 5.92 Å². The fourth-order valence-corrected chi connectivity index (χ4v) is 2.70. The van der Waals surface area contributed by atoms with Crippen LogP contribution < -0.4 is 5.32 Å². The second-order valence-corrected chi connectivity index (χ2v) is 5.24. The summed E-state index contributed by atoms with van der Waals surface area (Å²) < 4.78 is 0. The van der Waals surface area contributed by atoms with Crippen molar-refractivity contribution in [1.29, 1.82) is 0 Å². The maximum atomic E-state index is 3.67. The molecule has 2 heteroatoms. The van der Waals surface area contributed by atoms with Crippen molar-refractivity contribution in [3.8, 4) is 0 Å². The maximum Gasteiger partial charge on any atom is 0.0280 e. The lowest BCUT2D eigenvalue weighted by Gasteiger charge is -2.45. The molecule has 0 radical (unpaired) electrons. The van der Waals surface area contributed by atoms with Crippen LogP contribution in [-0.4, -0.2) is 36.6 Å². The van der Waals surface area contributed by atoms with Gasteiger partial charge in [0.1, 0.15) is 0 Å². The second kappa shape index (κ2) is 3.58. The number of nitrogens with one attached hydrogen (secondary N) is 1. The Hall–Kier alpha value is -0.0800. The number of piperidine rings is 1. The highest BCUT2D eigenvalue weighted by Crippen LogP contribution is 2.23. The topological polar surface area (TPSA) is 15.3 Å². The number of likely N-dealkylation sites (tertiary alicyclic amines) is 1. The average molecular weight is 182 g/mol. The van der Waals surface area contributed by atoms with Crippen molar-refractivity contribution >= 4 is 0 Å². The van der Waals surface area contributed by atoms with Crippen LogP contribution in [0, 0.1) is 5.92 Å². The summed E-state index contributed by atoms with van der Waals surface area (Å²) in [6, 6.07) is 0. The highest BCUT2D eigenvalue weighted by atomic mass is 15.2. The molecule has 1 atom stereocenters. The first kappa shape index (κ1) is 9.47. The molecule has 2 fully saturated rings. The first-order chi connectivity index (χ1) is 6.18. The summed E-state index contributed by atoms with van der Waals surface area (Å²) in [5.41, 5.74) is 0.415. The molecule has 2 rings (SSSR count). The lowest BCUT2D eigenvalue weighted by Crippen LogP contribution is -2.58. The minimum Gasteiger partial charge on any atom is -0.310 e. The van der Waals surface area contributed by atoms with E-state index >= 15 is 0 Å². The normalized spacial score (nSPS) is 37.4. The SMILES string of the molecule is CC1CN(CC2(C)CCCCN2)C1. The van der Waals surface area contributed by atoms with Crippen LogP contribution in [0.5, 0.6) is 0 Å².